The summed E-state index contributed by atoms with van der Waals surface area (Å²) >= 11 is 0. The van der Waals surface area contributed by atoms with Crippen molar-refractivity contribution in [1.29, 1.82) is 0 Å². The second kappa shape index (κ2) is 42.6. The lowest BCUT2D eigenvalue weighted by molar-refractivity contribution is -0.187. The van der Waals surface area contributed by atoms with Crippen LogP contribution in [0.4, 0.5) is 43.9 Å². The van der Waals surface area contributed by atoms with Crippen LogP contribution in [0.5, 0.6) is 23.0 Å². The first-order valence-electron chi connectivity index (χ1n) is 37.0. The maximum atomic E-state index is 12.7. The van der Waals surface area contributed by atoms with Gasteiger partial charge >= 0.3 is 48.2 Å². The quantitative estimate of drug-likeness (QED) is 0.0216. The normalized spacial score (nSPS) is 11.9. The largest absolute Gasteiger partial charge is 0.482 e. The fraction of sp³-hybridized carbons (Fsp3) is 0.442. The number of rotatable bonds is 34. The van der Waals surface area contributed by atoms with E-state index in [0.29, 0.717) is 62.8 Å². The molecular formula is C86H100F10N2O18. The molecule has 8 aromatic carbocycles. The van der Waals surface area contributed by atoms with Gasteiger partial charge in [-0.3, -0.25) is 19.2 Å². The Hall–Kier alpha value is -10.9. The summed E-state index contributed by atoms with van der Waals surface area (Å²) in [6, 6.07) is 43.0. The second-order valence-electron chi connectivity index (χ2n) is 30.0. The molecule has 30 heteroatoms. The molecule has 0 heterocycles. The molecule has 0 aromatic heterocycles. The van der Waals surface area contributed by atoms with Gasteiger partial charge in [-0.2, -0.15) is 26.3 Å². The molecule has 2 N–H and O–H groups in total. The van der Waals surface area contributed by atoms with Crippen LogP contribution < -0.4 is 29.6 Å². The Bertz CT molecular complexity index is 4080. The van der Waals surface area contributed by atoms with Crippen molar-refractivity contribution in [3.8, 4) is 23.0 Å². The van der Waals surface area contributed by atoms with Gasteiger partial charge in [-0.15, -0.1) is 0 Å². The molecule has 0 saturated carbocycles. The minimum atomic E-state index is -4.57. The van der Waals surface area contributed by atoms with Crippen LogP contribution in [0.3, 0.4) is 0 Å². The summed E-state index contributed by atoms with van der Waals surface area (Å²) < 4.78 is 172. The van der Waals surface area contributed by atoms with Crippen molar-refractivity contribution in [1.82, 2.24) is 10.6 Å². The third-order valence-corrected chi connectivity index (χ3v) is 18.2. The smallest absolute Gasteiger partial charge is 0.422 e. The number of benzene rings is 8. The predicted octanol–water partition coefficient (Wildman–Crippen LogP) is 18.5. The van der Waals surface area contributed by atoms with Gasteiger partial charge in [-0.05, 0) is 192 Å². The molecule has 0 fully saturated rings. The van der Waals surface area contributed by atoms with E-state index in [1.165, 1.54) is 0 Å². The summed E-state index contributed by atoms with van der Waals surface area (Å²) in [5, 5.41) is 12.9. The van der Waals surface area contributed by atoms with E-state index in [4.69, 9.17) is 28.4 Å². The monoisotopic (exact) mass is 1640 g/mol. The first kappa shape index (κ1) is 95.6. The minimum absolute atomic E-state index is 0.0107. The van der Waals surface area contributed by atoms with E-state index in [1.54, 1.807) is 78.9 Å². The number of fused-ring (bicyclic) bond motifs is 4. The number of esters is 6. The fourth-order valence-corrected chi connectivity index (χ4v) is 9.47. The molecule has 8 aromatic rings. The Balaban J connectivity index is 0.000000276. The molecule has 0 atom stereocenters. The van der Waals surface area contributed by atoms with Gasteiger partial charge in [0.25, 0.3) is 11.8 Å². The highest BCUT2D eigenvalue weighted by atomic mass is 19.4. The predicted molar refractivity (Wildman–Crippen MR) is 415 cm³/mol. The van der Waals surface area contributed by atoms with Gasteiger partial charge in [0.05, 0.1) is 10.8 Å². The zero-order valence-electron chi connectivity index (χ0n) is 67.3. The number of hydrogen-bond acceptors (Lipinski definition) is 18. The van der Waals surface area contributed by atoms with E-state index in [1.807, 2.05) is 150 Å². The second-order valence-corrected chi connectivity index (χ2v) is 30.0. The van der Waals surface area contributed by atoms with Gasteiger partial charge in [-0.25, -0.2) is 36.7 Å². The average molecular weight is 1640 g/mol. The topological polar surface area (TPSA) is 253 Å². The zero-order chi connectivity index (χ0) is 86.6. The third kappa shape index (κ3) is 34.2. The van der Waals surface area contributed by atoms with E-state index >= 15 is 0 Å². The van der Waals surface area contributed by atoms with Gasteiger partial charge in [-0.1, -0.05) is 128 Å². The summed E-state index contributed by atoms with van der Waals surface area (Å²) in [5.41, 5.74) is 1.69. The summed E-state index contributed by atoms with van der Waals surface area (Å²) in [7, 11) is 0. The lowest BCUT2D eigenvalue weighted by Gasteiger charge is -2.21. The van der Waals surface area contributed by atoms with Gasteiger partial charge in [0.15, 0.2) is 52.9 Å². The number of alkyl halides is 10. The van der Waals surface area contributed by atoms with E-state index in [9.17, 15) is 82.3 Å². The highest BCUT2D eigenvalue weighted by Gasteiger charge is 2.33. The maximum absolute atomic E-state index is 12.7. The molecule has 0 aliphatic rings. The van der Waals surface area contributed by atoms with Crippen LogP contribution in [0.2, 0.25) is 0 Å². The van der Waals surface area contributed by atoms with Crippen LogP contribution in [0.25, 0.3) is 43.1 Å². The summed E-state index contributed by atoms with van der Waals surface area (Å²) in [5.74, 6) is -9.04. The lowest BCUT2D eigenvalue weighted by atomic mass is 9.89. The molecule has 116 heavy (non-hydrogen) atoms. The Morgan fingerprint density at radius 2 is 0.509 bits per heavy atom. The van der Waals surface area contributed by atoms with Crippen LogP contribution in [-0.4, -0.2) is 125 Å². The molecule has 0 aliphatic heterocycles. The van der Waals surface area contributed by atoms with Gasteiger partial charge in [0.2, 0.25) is 11.8 Å². The number of amides is 2. The van der Waals surface area contributed by atoms with Crippen LogP contribution in [0.15, 0.2) is 146 Å². The van der Waals surface area contributed by atoms with Crippen molar-refractivity contribution in [2.75, 3.05) is 52.9 Å². The van der Waals surface area contributed by atoms with Crippen LogP contribution >= 0.6 is 0 Å². The van der Waals surface area contributed by atoms with Crippen molar-refractivity contribution in [3.63, 3.8) is 0 Å². The SMILES string of the molecule is CCC(C)(C)C(=O)NCc1ccc2cc(OCC(=O)OCC(C)(F)F)ccc2c1.CCC(C)(C)C(=O)NCc1ccc2cc(OCC(=O)OCC(F)(F)F)ccc2c1.CCC(C)(C)C(=O)OCc1ccc2cc(OCC(=O)OCC(C)(F)F)ccc2c1.CCC(C)(C)C(=O)OCc1ccc2cc(OCC(=O)OCC(F)(F)F)ccc2c1. The van der Waals surface area contributed by atoms with Crippen LogP contribution in [0, 0.1) is 21.7 Å². The number of ether oxygens (including phenoxy) is 10. The Morgan fingerprint density at radius 1 is 0.284 bits per heavy atom. The number of hydrogen-bond donors (Lipinski definition) is 2. The zero-order valence-corrected chi connectivity index (χ0v) is 67.3. The highest BCUT2D eigenvalue weighted by molar-refractivity contribution is 5.89. The van der Waals surface area contributed by atoms with Crippen molar-refractivity contribution in [3.05, 3.63) is 168 Å². The number of nitrogens with one attached hydrogen (secondary N) is 2. The lowest BCUT2D eigenvalue weighted by Crippen LogP contribution is -2.35. The summed E-state index contributed by atoms with van der Waals surface area (Å²) in [6.07, 6.45) is -6.27. The molecule has 2 amide bonds. The van der Waals surface area contributed by atoms with Crippen molar-refractivity contribution in [2.24, 2.45) is 21.7 Å². The molecule has 20 nitrogen and oxygen atoms in total. The first-order chi connectivity index (χ1) is 54.0. The summed E-state index contributed by atoms with van der Waals surface area (Å²) in [4.78, 5) is 94.1. The molecule has 0 saturated heterocycles. The van der Waals surface area contributed by atoms with Gasteiger partial charge in [0, 0.05) is 37.8 Å². The van der Waals surface area contributed by atoms with Crippen LogP contribution in [0.1, 0.15) is 145 Å². The van der Waals surface area contributed by atoms with Gasteiger partial charge in [0.1, 0.15) is 36.2 Å². The highest BCUT2D eigenvalue weighted by Crippen LogP contribution is 2.31. The van der Waals surface area contributed by atoms with Gasteiger partial charge < -0.3 is 58.0 Å². The molecular weight excluding hydrogens is 1540 g/mol. The average Bonchev–Trinajstić information content (AvgIpc) is 0.835. The van der Waals surface area contributed by atoms with E-state index in [-0.39, 0.29) is 37.0 Å². The van der Waals surface area contributed by atoms with Crippen molar-refractivity contribution >= 4 is 90.7 Å². The number of carbonyl (C=O) groups excluding carboxylic acids is 8. The number of halogens is 10. The van der Waals surface area contributed by atoms with Crippen molar-refractivity contribution in [2.45, 2.75) is 173 Å². The van der Waals surface area contributed by atoms with Crippen molar-refractivity contribution < 1.29 is 130 Å². The molecule has 0 radical (unpaired) electrons. The van der Waals surface area contributed by atoms with E-state index in [2.05, 4.69) is 29.6 Å². The molecule has 0 spiro atoms. The standard InChI is InChI=1S/C22H27F2NO4.C22H26F2O5.C21H24F3NO4.C21H23F3O5/c1-5-21(2,3)20(27)25-12-15-6-7-17-11-18(9-8-16(17)10-15)28-13-19(26)29-14-22(4,23)24;1-5-21(2,3)20(26)28-12-15-6-7-17-11-18(9-8-16(17)10-15)27-13-19(25)29-14-22(4,23)24;1-4-20(2,3)19(27)25-11-14-5-6-16-10-17(8-7-15(16)9-14)28-12-18(26)29-13-21(22,23)24;1-4-20(2,3)19(26)28-11-14-5-6-16-10-17(8-7-15(16)9-14)27-12-18(25)29-13-21(22,23)24/h6-11H,5,12-14H2,1-4H3,(H,25,27);6-11H,5,12-14H2,1-4H3;5-10H,4,11-13H2,1-3H3,(H,25,27);5-10H,4,11-13H2,1-3H3. The molecule has 8 rings (SSSR count). The van der Waals surface area contributed by atoms with E-state index in [0.717, 1.165) is 78.2 Å². The van der Waals surface area contributed by atoms with E-state index < -0.39 is 123 Å². The minimum Gasteiger partial charge on any atom is -0.482 e. The Kier molecular flexibility index (Phi) is 35.1. The number of carbonyl (C=O) groups is 8. The third-order valence-electron chi connectivity index (χ3n) is 18.2. The molecule has 632 valence electrons. The Morgan fingerprint density at radius 3 is 0.750 bits per heavy atom. The summed E-state index contributed by atoms with van der Waals surface area (Å²) in [6.45, 7) is 17.9. The molecule has 0 aliphatic carbocycles. The van der Waals surface area contributed by atoms with Crippen LogP contribution in [-0.2, 0) is 93.1 Å². The Labute approximate surface area is 666 Å². The maximum Gasteiger partial charge on any atom is 0.422 e. The first-order valence-corrected chi connectivity index (χ1v) is 37.0. The molecule has 0 bridgehead atoms. The fourth-order valence-electron chi connectivity index (χ4n) is 9.47. The molecule has 0 unspecified atom stereocenters.